The van der Waals surface area contributed by atoms with Crippen LogP contribution in [0.5, 0.6) is 0 Å². The maximum atomic E-state index is 11.2. The zero-order valence-corrected chi connectivity index (χ0v) is 10.1. The Hall–Kier alpha value is 0.170. The summed E-state index contributed by atoms with van der Waals surface area (Å²) in [5.74, 6) is 0.589. The molecule has 0 heterocycles. The number of carbonyl (C=O) groups is 2. The third-order valence-electron chi connectivity index (χ3n) is 2.11. The molecule has 3 nitrogen and oxygen atoms in total. The molecule has 0 amide bonds. The molecule has 1 aliphatic carbocycles. The van der Waals surface area contributed by atoms with E-state index in [-0.39, 0.29) is 41.1 Å². The van der Waals surface area contributed by atoms with Crippen molar-refractivity contribution in [1.29, 1.82) is 0 Å². The van der Waals surface area contributed by atoms with E-state index in [0.29, 0.717) is 31.7 Å². The van der Waals surface area contributed by atoms with Gasteiger partial charge < -0.3 is 15.3 Å². The van der Waals surface area contributed by atoms with Crippen molar-refractivity contribution in [2.45, 2.75) is 32.1 Å². The van der Waals surface area contributed by atoms with Crippen LogP contribution in [0.4, 0.5) is 0 Å². The molecule has 0 aliphatic heterocycles. The van der Waals surface area contributed by atoms with Gasteiger partial charge in [-0.2, -0.15) is 6.42 Å². The molecule has 0 bridgehead atoms. The van der Waals surface area contributed by atoms with Crippen LogP contribution in [-0.2, 0) is 9.59 Å². The first-order chi connectivity index (χ1) is 5.75. The van der Waals surface area contributed by atoms with Gasteiger partial charge in [0, 0.05) is 11.6 Å². The summed E-state index contributed by atoms with van der Waals surface area (Å²) in [4.78, 5) is 22.4. The minimum atomic E-state index is 0. The zero-order chi connectivity index (χ0) is 8.97. The average Bonchev–Trinajstić information content (AvgIpc) is 2.04. The minimum absolute atomic E-state index is 0. The Balaban J connectivity index is 0.00000144. The van der Waals surface area contributed by atoms with Gasteiger partial charge in [0.05, 0.1) is 0 Å². The summed E-state index contributed by atoms with van der Waals surface area (Å²) in [6, 6.07) is 0. The van der Waals surface area contributed by atoms with Gasteiger partial charge in [0.15, 0.2) is 0 Å². The number of Topliss-reactive ketones (excluding diaryl/α,β-unsaturated/α-hetero) is 2. The Morgan fingerprint density at radius 3 is 2.23 bits per heavy atom. The molecule has 4 heteroatoms. The van der Waals surface area contributed by atoms with Crippen molar-refractivity contribution in [3.8, 4) is 0 Å². The molecule has 0 atom stereocenters. The number of rotatable bonds is 3. The summed E-state index contributed by atoms with van der Waals surface area (Å²) in [6.45, 7) is 0.546. The van der Waals surface area contributed by atoms with Crippen LogP contribution in [0, 0.1) is 5.92 Å². The topological polar surface area (TPSA) is 60.2 Å². The van der Waals surface area contributed by atoms with Crippen molar-refractivity contribution in [3.05, 3.63) is 5.92 Å². The molecule has 0 unspecified atom stereocenters. The first-order valence-electron chi connectivity index (χ1n) is 4.38. The Morgan fingerprint density at radius 1 is 1.23 bits per heavy atom. The predicted octanol–water partition coefficient (Wildman–Crippen LogP) is -2.37. The molecule has 1 saturated carbocycles. The standard InChI is InChI=1S/C9H14NO2.Na/c10-6-2-3-7-8(11)4-1-5-9(7)12;/h1-6,10H2;/q-1;+1. The fourth-order valence-corrected chi connectivity index (χ4v) is 1.42. The third-order valence-corrected chi connectivity index (χ3v) is 2.11. The fourth-order valence-electron chi connectivity index (χ4n) is 1.42. The van der Waals surface area contributed by atoms with Crippen molar-refractivity contribution >= 4 is 11.6 Å². The van der Waals surface area contributed by atoms with Crippen LogP contribution in [0.3, 0.4) is 0 Å². The van der Waals surface area contributed by atoms with Crippen molar-refractivity contribution in [1.82, 2.24) is 0 Å². The molecule has 13 heavy (non-hydrogen) atoms. The summed E-state index contributed by atoms with van der Waals surface area (Å²) in [5.41, 5.74) is 5.30. The Labute approximate surface area is 101 Å². The predicted molar refractivity (Wildman–Crippen MR) is 45.4 cm³/mol. The molecule has 1 aliphatic rings. The van der Waals surface area contributed by atoms with E-state index >= 15 is 0 Å². The minimum Gasteiger partial charge on any atom is -0.334 e. The molecule has 1 rings (SSSR count). The second-order valence-electron chi connectivity index (χ2n) is 3.07. The molecule has 0 saturated heterocycles. The van der Waals surface area contributed by atoms with Gasteiger partial charge in [-0.3, -0.25) is 0 Å². The maximum Gasteiger partial charge on any atom is 1.00 e. The van der Waals surface area contributed by atoms with Crippen LogP contribution in [0.15, 0.2) is 0 Å². The first kappa shape index (κ1) is 13.2. The van der Waals surface area contributed by atoms with E-state index in [1.165, 1.54) is 0 Å². The van der Waals surface area contributed by atoms with Gasteiger partial charge >= 0.3 is 29.6 Å². The average molecular weight is 191 g/mol. The van der Waals surface area contributed by atoms with E-state index in [4.69, 9.17) is 5.73 Å². The van der Waals surface area contributed by atoms with Gasteiger partial charge in [0.1, 0.15) is 0 Å². The van der Waals surface area contributed by atoms with Gasteiger partial charge in [-0.1, -0.05) is 6.42 Å². The van der Waals surface area contributed by atoms with Crippen LogP contribution in [-0.4, -0.2) is 18.1 Å². The van der Waals surface area contributed by atoms with Crippen LogP contribution >= 0.6 is 0 Å². The summed E-state index contributed by atoms with van der Waals surface area (Å²) >= 11 is 0. The Kier molecular flexibility index (Phi) is 6.68. The third kappa shape index (κ3) is 3.81. The van der Waals surface area contributed by atoms with E-state index in [2.05, 4.69) is 0 Å². The molecule has 0 spiro atoms. The fraction of sp³-hybridized carbons (Fsp3) is 0.667. The van der Waals surface area contributed by atoms with E-state index in [9.17, 15) is 9.59 Å². The van der Waals surface area contributed by atoms with Crippen LogP contribution < -0.4 is 35.3 Å². The number of nitrogens with two attached hydrogens (primary N) is 1. The monoisotopic (exact) mass is 191 g/mol. The largest absolute Gasteiger partial charge is 1.00 e. The second kappa shape index (κ2) is 6.60. The molecular weight excluding hydrogens is 177 g/mol. The zero-order valence-electron chi connectivity index (χ0n) is 8.14. The van der Waals surface area contributed by atoms with E-state index < -0.39 is 0 Å². The summed E-state index contributed by atoms with van der Waals surface area (Å²) < 4.78 is 0. The second-order valence-corrected chi connectivity index (χ2v) is 3.07. The van der Waals surface area contributed by atoms with Gasteiger partial charge in [-0.25, -0.2) is 5.92 Å². The Bertz CT molecular complexity index is 178. The van der Waals surface area contributed by atoms with Gasteiger partial charge in [-0.05, 0) is 25.8 Å². The van der Waals surface area contributed by atoms with Crippen molar-refractivity contribution in [2.75, 3.05) is 6.54 Å². The number of ketones is 2. The van der Waals surface area contributed by atoms with Gasteiger partial charge in [-0.15, -0.1) is 0 Å². The summed E-state index contributed by atoms with van der Waals surface area (Å²) in [6.07, 6.45) is 3.14. The normalized spacial score (nSPS) is 17.2. The smallest absolute Gasteiger partial charge is 0.334 e. The molecule has 68 valence electrons. The van der Waals surface area contributed by atoms with Crippen LogP contribution in [0.1, 0.15) is 32.1 Å². The maximum absolute atomic E-state index is 11.2. The van der Waals surface area contributed by atoms with E-state index in [0.717, 1.165) is 12.8 Å². The number of carbonyl (C=O) groups excluding carboxylic acids is 2. The van der Waals surface area contributed by atoms with E-state index in [1.807, 2.05) is 0 Å². The van der Waals surface area contributed by atoms with Crippen molar-refractivity contribution in [3.63, 3.8) is 0 Å². The molecule has 0 radical (unpaired) electrons. The van der Waals surface area contributed by atoms with Crippen molar-refractivity contribution in [2.24, 2.45) is 5.73 Å². The molecule has 0 aromatic rings. The van der Waals surface area contributed by atoms with Crippen LogP contribution in [0.2, 0.25) is 0 Å². The van der Waals surface area contributed by atoms with Gasteiger partial charge in [0.2, 0.25) is 0 Å². The summed E-state index contributed by atoms with van der Waals surface area (Å²) in [5, 5.41) is 0. The first-order valence-corrected chi connectivity index (χ1v) is 4.38. The van der Waals surface area contributed by atoms with Gasteiger partial charge in [0.25, 0.3) is 0 Å². The number of hydrogen-bond acceptors (Lipinski definition) is 3. The van der Waals surface area contributed by atoms with Crippen LogP contribution in [0.25, 0.3) is 0 Å². The van der Waals surface area contributed by atoms with Crippen molar-refractivity contribution < 1.29 is 39.1 Å². The SMILES string of the molecule is NCCC[C-]1C(=O)CCCC1=O.[Na+]. The summed E-state index contributed by atoms with van der Waals surface area (Å²) in [7, 11) is 0. The molecular formula is C9H14NNaO2. The molecule has 0 aromatic heterocycles. The number of hydrogen-bond donors (Lipinski definition) is 1. The quantitative estimate of drug-likeness (QED) is 0.400. The molecule has 0 aromatic carbocycles. The molecule has 1 fully saturated rings. The van der Waals surface area contributed by atoms with E-state index in [1.54, 1.807) is 0 Å². The molecule has 2 N–H and O–H groups in total. The Morgan fingerprint density at radius 2 is 1.77 bits per heavy atom.